The molecule has 0 spiro atoms. The van der Waals surface area contributed by atoms with Crippen molar-refractivity contribution in [3.8, 4) is 0 Å². The van der Waals surface area contributed by atoms with E-state index < -0.39 is 0 Å². The summed E-state index contributed by atoms with van der Waals surface area (Å²) in [5.41, 5.74) is 0. The summed E-state index contributed by atoms with van der Waals surface area (Å²) in [5, 5.41) is 6.65. The summed E-state index contributed by atoms with van der Waals surface area (Å²) in [5.74, 6) is 1.41. The summed E-state index contributed by atoms with van der Waals surface area (Å²) in [6.07, 6.45) is 2.24. The van der Waals surface area contributed by atoms with Crippen LogP contribution in [0.15, 0.2) is 4.52 Å². The first-order valence-electron chi connectivity index (χ1n) is 6.40. The first-order chi connectivity index (χ1) is 9.20. The Hall–Kier alpha value is -1.47. The fraction of sp³-hybridized carbons (Fsp3) is 0.750. The first-order valence-corrected chi connectivity index (χ1v) is 6.40. The quantitative estimate of drug-likeness (QED) is 0.702. The van der Waals surface area contributed by atoms with Crippen LogP contribution in [0.4, 0.5) is 0 Å². The fourth-order valence-electron chi connectivity index (χ4n) is 1.58. The zero-order valence-electron chi connectivity index (χ0n) is 11.2. The number of ether oxygens (including phenoxy) is 2. The molecule has 1 heterocycles. The van der Waals surface area contributed by atoms with E-state index in [2.05, 4.69) is 15.5 Å². The van der Waals surface area contributed by atoms with E-state index in [1.807, 2.05) is 0 Å². The van der Waals surface area contributed by atoms with E-state index in [0.717, 1.165) is 18.7 Å². The smallest absolute Gasteiger partial charge is 0.248 e. The lowest BCUT2D eigenvalue weighted by atomic mass is 10.3. The number of aromatic nitrogens is 2. The van der Waals surface area contributed by atoms with Gasteiger partial charge in [-0.1, -0.05) is 5.16 Å². The molecule has 1 aromatic rings. The molecule has 19 heavy (non-hydrogen) atoms. The lowest BCUT2D eigenvalue weighted by Gasteiger charge is -2.09. The van der Waals surface area contributed by atoms with Crippen molar-refractivity contribution in [2.24, 2.45) is 0 Å². The highest BCUT2D eigenvalue weighted by Crippen LogP contribution is 2.38. The normalized spacial score (nSPS) is 16.3. The number of carbonyl (C=O) groups excluding carboxylic acids is 1. The van der Waals surface area contributed by atoms with E-state index in [9.17, 15) is 4.79 Å². The maximum Gasteiger partial charge on any atom is 0.248 e. The number of hydrogen-bond acceptors (Lipinski definition) is 6. The van der Waals surface area contributed by atoms with Crippen molar-refractivity contribution in [3.63, 3.8) is 0 Å². The maximum absolute atomic E-state index is 11.6. The highest BCUT2D eigenvalue weighted by atomic mass is 16.5. The van der Waals surface area contributed by atoms with Crippen LogP contribution in [-0.4, -0.2) is 43.0 Å². The Labute approximate surface area is 111 Å². The molecule has 1 aliphatic carbocycles. The van der Waals surface area contributed by atoms with Crippen molar-refractivity contribution >= 4 is 5.91 Å². The summed E-state index contributed by atoms with van der Waals surface area (Å²) < 4.78 is 15.1. The Kier molecular flexibility index (Phi) is 4.86. The summed E-state index contributed by atoms with van der Waals surface area (Å²) in [6.45, 7) is 2.66. The molecule has 2 rings (SSSR count). The van der Waals surface area contributed by atoms with Crippen LogP contribution in [0.2, 0.25) is 0 Å². The third-order valence-electron chi connectivity index (χ3n) is 2.81. The van der Waals surface area contributed by atoms with Gasteiger partial charge < -0.3 is 19.3 Å². The minimum absolute atomic E-state index is 0.00266. The lowest BCUT2D eigenvalue weighted by molar-refractivity contribution is -0.126. The van der Waals surface area contributed by atoms with Crippen molar-refractivity contribution in [1.82, 2.24) is 15.5 Å². The second-order valence-electron chi connectivity index (χ2n) is 4.60. The number of nitrogens with zero attached hydrogens (tertiary/aromatic N) is 2. The number of amides is 1. The van der Waals surface area contributed by atoms with Crippen LogP contribution >= 0.6 is 0 Å². The number of rotatable bonds is 8. The van der Waals surface area contributed by atoms with Crippen LogP contribution in [0.5, 0.6) is 0 Å². The maximum atomic E-state index is 11.6. The second-order valence-corrected chi connectivity index (χ2v) is 4.60. The molecule has 0 aromatic carbocycles. The number of carbonyl (C=O) groups is 1. The van der Waals surface area contributed by atoms with Gasteiger partial charge in [-0.05, 0) is 19.8 Å². The van der Waals surface area contributed by atoms with Crippen molar-refractivity contribution in [2.45, 2.75) is 31.7 Å². The Morgan fingerprint density at radius 3 is 3.00 bits per heavy atom. The zero-order chi connectivity index (χ0) is 13.7. The van der Waals surface area contributed by atoms with Crippen molar-refractivity contribution in [3.05, 3.63) is 11.7 Å². The van der Waals surface area contributed by atoms with Gasteiger partial charge in [0.15, 0.2) is 5.82 Å². The third-order valence-corrected chi connectivity index (χ3v) is 2.81. The molecule has 0 aliphatic heterocycles. The van der Waals surface area contributed by atoms with E-state index in [1.54, 1.807) is 14.0 Å². The molecule has 7 nitrogen and oxygen atoms in total. The average Bonchev–Trinajstić information content (AvgIpc) is 3.12. The molecule has 0 bridgehead atoms. The first kappa shape index (κ1) is 14.0. The molecular weight excluding hydrogens is 250 g/mol. The number of nitrogens with one attached hydrogen (secondary N) is 1. The van der Waals surface area contributed by atoms with Gasteiger partial charge in [-0.2, -0.15) is 4.98 Å². The van der Waals surface area contributed by atoms with Crippen LogP contribution in [-0.2, 0) is 14.3 Å². The van der Waals surface area contributed by atoms with Gasteiger partial charge >= 0.3 is 0 Å². The Morgan fingerprint density at radius 2 is 2.32 bits per heavy atom. The summed E-state index contributed by atoms with van der Waals surface area (Å²) >= 11 is 0. The largest absolute Gasteiger partial charge is 0.382 e. The Bertz CT molecular complexity index is 417. The summed E-state index contributed by atoms with van der Waals surface area (Å²) in [7, 11) is 1.58. The number of hydrogen-bond donors (Lipinski definition) is 1. The molecule has 1 atom stereocenters. The van der Waals surface area contributed by atoms with E-state index in [1.165, 1.54) is 0 Å². The minimum Gasteiger partial charge on any atom is -0.382 e. The zero-order valence-corrected chi connectivity index (χ0v) is 11.2. The Morgan fingerprint density at radius 1 is 1.53 bits per heavy atom. The third kappa shape index (κ3) is 4.29. The predicted octanol–water partition coefficient (Wildman–Crippen LogP) is 0.787. The van der Waals surface area contributed by atoms with Gasteiger partial charge in [-0.3, -0.25) is 4.79 Å². The van der Waals surface area contributed by atoms with E-state index in [4.69, 9.17) is 14.0 Å². The molecule has 7 heteroatoms. The standard InChI is InChI=1S/C12H19N3O4/c1-8(13-10(16)7-18-6-5-17-2)12-14-11(15-19-12)9-3-4-9/h8-9H,3-7H2,1-2H3,(H,13,16)/t8-/m0/s1. The number of methoxy groups -OCH3 is 1. The molecule has 1 aromatic heterocycles. The van der Waals surface area contributed by atoms with Crippen LogP contribution in [0.3, 0.4) is 0 Å². The van der Waals surface area contributed by atoms with Gasteiger partial charge in [0.05, 0.1) is 13.2 Å². The molecule has 1 saturated carbocycles. The SMILES string of the molecule is COCCOCC(=O)N[C@@H](C)c1nc(C2CC2)no1. The van der Waals surface area contributed by atoms with Gasteiger partial charge in [0.2, 0.25) is 11.8 Å². The topological polar surface area (TPSA) is 86.5 Å². The van der Waals surface area contributed by atoms with Gasteiger partial charge in [-0.15, -0.1) is 0 Å². The van der Waals surface area contributed by atoms with Crippen LogP contribution < -0.4 is 5.32 Å². The average molecular weight is 269 g/mol. The van der Waals surface area contributed by atoms with Crippen molar-refractivity contribution < 1.29 is 18.8 Å². The minimum atomic E-state index is -0.307. The second kappa shape index (κ2) is 6.63. The molecule has 1 fully saturated rings. The van der Waals surface area contributed by atoms with Gasteiger partial charge in [0.25, 0.3) is 0 Å². The van der Waals surface area contributed by atoms with E-state index in [0.29, 0.717) is 25.0 Å². The molecule has 0 radical (unpaired) electrons. The Balaban J connectivity index is 1.72. The van der Waals surface area contributed by atoms with Gasteiger partial charge in [0, 0.05) is 13.0 Å². The molecule has 1 amide bonds. The molecule has 0 saturated heterocycles. The van der Waals surface area contributed by atoms with E-state index >= 15 is 0 Å². The van der Waals surface area contributed by atoms with Crippen LogP contribution in [0.1, 0.15) is 43.4 Å². The van der Waals surface area contributed by atoms with E-state index in [-0.39, 0.29) is 18.6 Å². The van der Waals surface area contributed by atoms with Crippen LogP contribution in [0, 0.1) is 0 Å². The highest BCUT2D eigenvalue weighted by molar-refractivity contribution is 5.77. The highest BCUT2D eigenvalue weighted by Gasteiger charge is 2.29. The van der Waals surface area contributed by atoms with Crippen LogP contribution in [0.25, 0.3) is 0 Å². The molecule has 1 N–H and O–H groups in total. The summed E-state index contributed by atoms with van der Waals surface area (Å²) in [4.78, 5) is 15.9. The molecule has 1 aliphatic rings. The molecular formula is C12H19N3O4. The summed E-state index contributed by atoms with van der Waals surface area (Å²) in [6, 6.07) is -0.307. The van der Waals surface area contributed by atoms with Crippen molar-refractivity contribution in [1.29, 1.82) is 0 Å². The monoisotopic (exact) mass is 269 g/mol. The lowest BCUT2D eigenvalue weighted by Crippen LogP contribution is -2.30. The molecule has 0 unspecified atom stereocenters. The fourth-order valence-corrected chi connectivity index (χ4v) is 1.58. The predicted molar refractivity (Wildman–Crippen MR) is 65.5 cm³/mol. The van der Waals surface area contributed by atoms with Gasteiger partial charge in [0.1, 0.15) is 12.6 Å². The van der Waals surface area contributed by atoms with Crippen molar-refractivity contribution in [2.75, 3.05) is 26.9 Å². The van der Waals surface area contributed by atoms with Gasteiger partial charge in [-0.25, -0.2) is 0 Å². The molecule has 106 valence electrons.